The summed E-state index contributed by atoms with van der Waals surface area (Å²) in [6.45, 7) is 2.06. The van der Waals surface area contributed by atoms with E-state index in [4.69, 9.17) is 5.73 Å². The molecular weight excluding hydrogens is 221 g/mol. The fourth-order valence-corrected chi connectivity index (χ4v) is 2.58. The lowest BCUT2D eigenvalue weighted by atomic mass is 10.0. The average Bonchev–Trinajstić information content (AvgIpc) is 2.64. The summed E-state index contributed by atoms with van der Waals surface area (Å²) in [6, 6.07) is 8.62. The Balaban J connectivity index is 2.14. The molecule has 0 radical (unpaired) electrons. The fraction of sp³-hybridized carbons (Fsp3) is 0.231. The van der Waals surface area contributed by atoms with Gasteiger partial charge in [0, 0.05) is 10.9 Å². The van der Waals surface area contributed by atoms with Gasteiger partial charge in [-0.3, -0.25) is 0 Å². The first kappa shape index (κ1) is 11.3. The molecule has 3 heteroatoms. The third-order valence-corrected chi connectivity index (χ3v) is 3.50. The number of rotatable bonds is 3. The van der Waals surface area contributed by atoms with Crippen LogP contribution in [0.4, 0.5) is 4.39 Å². The van der Waals surface area contributed by atoms with E-state index in [9.17, 15) is 4.39 Å². The van der Waals surface area contributed by atoms with Crippen LogP contribution in [-0.2, 0) is 6.42 Å². The Kier molecular flexibility index (Phi) is 3.36. The molecule has 2 rings (SSSR count). The standard InChI is InChI=1S/C13H14FNS/c1-9-12(5-6-16-9)13(15)8-10-3-2-4-11(14)7-10/h2-7,13H,8,15H2,1H3. The number of nitrogens with two attached hydrogens (primary N) is 1. The van der Waals surface area contributed by atoms with Gasteiger partial charge in [-0.2, -0.15) is 0 Å². The van der Waals surface area contributed by atoms with Gasteiger partial charge in [-0.1, -0.05) is 12.1 Å². The molecule has 0 fully saturated rings. The molecule has 16 heavy (non-hydrogen) atoms. The smallest absolute Gasteiger partial charge is 0.123 e. The van der Waals surface area contributed by atoms with Gasteiger partial charge in [0.25, 0.3) is 0 Å². The minimum absolute atomic E-state index is 0.0481. The molecule has 0 spiro atoms. The van der Waals surface area contributed by atoms with E-state index in [0.717, 1.165) is 11.1 Å². The first-order valence-electron chi connectivity index (χ1n) is 5.21. The van der Waals surface area contributed by atoms with Gasteiger partial charge in [-0.05, 0) is 48.1 Å². The molecule has 2 N–H and O–H groups in total. The van der Waals surface area contributed by atoms with Crippen molar-refractivity contribution in [1.82, 2.24) is 0 Å². The van der Waals surface area contributed by atoms with Gasteiger partial charge in [0.1, 0.15) is 5.82 Å². The molecule has 1 heterocycles. The lowest BCUT2D eigenvalue weighted by Crippen LogP contribution is -2.13. The summed E-state index contributed by atoms with van der Waals surface area (Å²) >= 11 is 1.69. The summed E-state index contributed by atoms with van der Waals surface area (Å²) in [5.41, 5.74) is 8.21. The minimum atomic E-state index is -0.202. The molecule has 1 atom stereocenters. The summed E-state index contributed by atoms with van der Waals surface area (Å²) in [5.74, 6) is -0.202. The zero-order valence-electron chi connectivity index (χ0n) is 9.11. The van der Waals surface area contributed by atoms with E-state index in [-0.39, 0.29) is 11.9 Å². The molecule has 1 aromatic carbocycles. The van der Waals surface area contributed by atoms with Crippen LogP contribution in [0, 0.1) is 12.7 Å². The summed E-state index contributed by atoms with van der Waals surface area (Å²) in [7, 11) is 0. The maximum absolute atomic E-state index is 13.0. The van der Waals surface area contributed by atoms with Crippen LogP contribution in [0.2, 0.25) is 0 Å². The molecule has 0 amide bonds. The Hall–Kier alpha value is -1.19. The zero-order chi connectivity index (χ0) is 11.5. The lowest BCUT2D eigenvalue weighted by molar-refractivity contribution is 0.622. The zero-order valence-corrected chi connectivity index (χ0v) is 9.93. The van der Waals surface area contributed by atoms with Crippen LogP contribution in [-0.4, -0.2) is 0 Å². The van der Waals surface area contributed by atoms with Crippen molar-refractivity contribution < 1.29 is 4.39 Å². The summed E-state index contributed by atoms with van der Waals surface area (Å²) in [6.07, 6.45) is 0.676. The van der Waals surface area contributed by atoms with Crippen molar-refractivity contribution >= 4 is 11.3 Å². The van der Waals surface area contributed by atoms with E-state index in [0.29, 0.717) is 6.42 Å². The monoisotopic (exact) mass is 235 g/mol. The van der Waals surface area contributed by atoms with Crippen LogP contribution >= 0.6 is 11.3 Å². The Bertz CT molecular complexity index is 478. The highest BCUT2D eigenvalue weighted by atomic mass is 32.1. The third kappa shape index (κ3) is 2.49. The quantitative estimate of drug-likeness (QED) is 0.866. The minimum Gasteiger partial charge on any atom is -0.324 e. The van der Waals surface area contributed by atoms with E-state index in [1.807, 2.05) is 17.5 Å². The maximum atomic E-state index is 13.0. The fourth-order valence-electron chi connectivity index (χ4n) is 1.81. The van der Waals surface area contributed by atoms with Crippen LogP contribution in [0.15, 0.2) is 35.7 Å². The normalized spacial score (nSPS) is 12.7. The van der Waals surface area contributed by atoms with Gasteiger partial charge in [-0.15, -0.1) is 11.3 Å². The summed E-state index contributed by atoms with van der Waals surface area (Å²) in [4.78, 5) is 1.24. The molecular formula is C13H14FNS. The molecule has 0 saturated heterocycles. The molecule has 0 bridgehead atoms. The third-order valence-electron chi connectivity index (χ3n) is 2.64. The van der Waals surface area contributed by atoms with Crippen molar-refractivity contribution in [3.05, 3.63) is 57.5 Å². The molecule has 84 valence electrons. The second-order valence-electron chi connectivity index (χ2n) is 3.87. The highest BCUT2D eigenvalue weighted by Crippen LogP contribution is 2.23. The second kappa shape index (κ2) is 4.76. The Morgan fingerprint density at radius 3 is 2.81 bits per heavy atom. The van der Waals surface area contributed by atoms with Crippen LogP contribution in [0.1, 0.15) is 22.0 Å². The van der Waals surface area contributed by atoms with Gasteiger partial charge in [-0.25, -0.2) is 4.39 Å². The first-order chi connectivity index (χ1) is 7.66. The van der Waals surface area contributed by atoms with Crippen LogP contribution in [0.5, 0.6) is 0 Å². The largest absolute Gasteiger partial charge is 0.324 e. The molecule has 1 nitrogen and oxygen atoms in total. The van der Waals surface area contributed by atoms with Crippen molar-refractivity contribution in [2.45, 2.75) is 19.4 Å². The second-order valence-corrected chi connectivity index (χ2v) is 4.99. The van der Waals surface area contributed by atoms with Gasteiger partial charge in [0.2, 0.25) is 0 Å². The molecule has 1 unspecified atom stereocenters. The van der Waals surface area contributed by atoms with Crippen molar-refractivity contribution in [2.24, 2.45) is 5.73 Å². The number of benzene rings is 1. The van der Waals surface area contributed by atoms with Gasteiger partial charge < -0.3 is 5.73 Å². The van der Waals surface area contributed by atoms with E-state index in [2.05, 4.69) is 6.92 Å². The highest BCUT2D eigenvalue weighted by Gasteiger charge is 2.10. The number of hydrogen-bond donors (Lipinski definition) is 1. The Labute approximate surface area is 98.7 Å². The molecule has 0 aliphatic carbocycles. The number of thiophene rings is 1. The Morgan fingerprint density at radius 1 is 1.38 bits per heavy atom. The molecule has 2 aromatic rings. The Morgan fingerprint density at radius 2 is 2.19 bits per heavy atom. The van der Waals surface area contributed by atoms with E-state index in [1.54, 1.807) is 23.5 Å². The van der Waals surface area contributed by atoms with Crippen LogP contribution < -0.4 is 5.73 Å². The molecule has 1 aromatic heterocycles. The highest BCUT2D eigenvalue weighted by molar-refractivity contribution is 7.10. The van der Waals surface area contributed by atoms with E-state index in [1.165, 1.54) is 10.9 Å². The lowest BCUT2D eigenvalue weighted by Gasteiger charge is -2.11. The van der Waals surface area contributed by atoms with Crippen molar-refractivity contribution in [2.75, 3.05) is 0 Å². The predicted octanol–water partition coefficient (Wildman–Crippen LogP) is 3.44. The molecule has 0 aliphatic rings. The topological polar surface area (TPSA) is 26.0 Å². The SMILES string of the molecule is Cc1sccc1C(N)Cc1cccc(F)c1. The average molecular weight is 235 g/mol. The number of aryl methyl sites for hydroxylation is 1. The first-order valence-corrected chi connectivity index (χ1v) is 6.09. The van der Waals surface area contributed by atoms with Crippen molar-refractivity contribution in [3.63, 3.8) is 0 Å². The van der Waals surface area contributed by atoms with Gasteiger partial charge in [0.05, 0.1) is 0 Å². The van der Waals surface area contributed by atoms with Crippen LogP contribution in [0.3, 0.4) is 0 Å². The van der Waals surface area contributed by atoms with E-state index < -0.39 is 0 Å². The number of halogens is 1. The summed E-state index contributed by atoms with van der Waals surface area (Å²) in [5, 5.41) is 2.04. The van der Waals surface area contributed by atoms with Crippen molar-refractivity contribution in [3.8, 4) is 0 Å². The van der Waals surface area contributed by atoms with E-state index >= 15 is 0 Å². The molecule has 0 saturated carbocycles. The number of hydrogen-bond acceptors (Lipinski definition) is 2. The van der Waals surface area contributed by atoms with Crippen molar-refractivity contribution in [1.29, 1.82) is 0 Å². The maximum Gasteiger partial charge on any atom is 0.123 e. The van der Waals surface area contributed by atoms with Gasteiger partial charge in [0.15, 0.2) is 0 Å². The summed E-state index contributed by atoms with van der Waals surface area (Å²) < 4.78 is 13.0. The molecule has 0 aliphatic heterocycles. The van der Waals surface area contributed by atoms with Gasteiger partial charge >= 0.3 is 0 Å². The predicted molar refractivity (Wildman–Crippen MR) is 66.1 cm³/mol. The van der Waals surface area contributed by atoms with Crippen LogP contribution in [0.25, 0.3) is 0 Å².